The van der Waals surface area contributed by atoms with E-state index < -0.39 is 0 Å². The third kappa shape index (κ3) is 2.55. The van der Waals surface area contributed by atoms with Crippen LogP contribution in [-0.4, -0.2) is 6.04 Å². The molecular formula is C11H17NS. The summed E-state index contributed by atoms with van der Waals surface area (Å²) in [6.45, 7) is 3.34. The predicted molar refractivity (Wildman–Crippen MR) is 58.0 cm³/mol. The molecule has 1 aliphatic rings. The van der Waals surface area contributed by atoms with Crippen LogP contribution in [0.2, 0.25) is 0 Å². The summed E-state index contributed by atoms with van der Waals surface area (Å²) in [7, 11) is 0. The molecule has 2 heteroatoms. The van der Waals surface area contributed by atoms with Crippen LogP contribution >= 0.6 is 11.3 Å². The van der Waals surface area contributed by atoms with Crippen molar-refractivity contribution in [3.05, 3.63) is 22.4 Å². The van der Waals surface area contributed by atoms with Gasteiger partial charge in [-0.2, -0.15) is 0 Å². The van der Waals surface area contributed by atoms with Crippen LogP contribution in [0.4, 0.5) is 0 Å². The number of thiophene rings is 1. The monoisotopic (exact) mass is 195 g/mol. The van der Waals surface area contributed by atoms with E-state index in [9.17, 15) is 0 Å². The first-order valence-electron chi connectivity index (χ1n) is 5.16. The molecule has 13 heavy (non-hydrogen) atoms. The Labute approximate surface area is 84.2 Å². The maximum Gasteiger partial charge on any atom is 0.0302 e. The van der Waals surface area contributed by atoms with Crippen molar-refractivity contribution in [3.8, 4) is 0 Å². The van der Waals surface area contributed by atoms with Crippen LogP contribution in [0.3, 0.4) is 0 Å². The van der Waals surface area contributed by atoms with Gasteiger partial charge in [0.25, 0.3) is 0 Å². The van der Waals surface area contributed by atoms with Gasteiger partial charge in [-0.25, -0.2) is 0 Å². The summed E-state index contributed by atoms with van der Waals surface area (Å²) >= 11 is 1.84. The van der Waals surface area contributed by atoms with E-state index in [0.29, 0.717) is 0 Å². The fourth-order valence-electron chi connectivity index (χ4n) is 1.83. The highest BCUT2D eigenvalue weighted by molar-refractivity contribution is 7.09. The minimum absolute atomic E-state index is 0.821. The van der Waals surface area contributed by atoms with E-state index >= 15 is 0 Å². The standard InChI is InChI=1S/C11H17NS/c1-2-4-9-7-11(9)12-8-10-5-3-6-13-10/h3,5-6,9,11-12H,2,4,7-8H2,1H3. The summed E-state index contributed by atoms with van der Waals surface area (Å²) in [6.07, 6.45) is 4.14. The maximum atomic E-state index is 3.60. The Morgan fingerprint density at radius 1 is 1.62 bits per heavy atom. The van der Waals surface area contributed by atoms with Gasteiger partial charge in [0.15, 0.2) is 0 Å². The van der Waals surface area contributed by atoms with Crippen molar-refractivity contribution in [2.24, 2.45) is 5.92 Å². The molecule has 1 N–H and O–H groups in total. The van der Waals surface area contributed by atoms with Gasteiger partial charge < -0.3 is 5.32 Å². The Morgan fingerprint density at radius 2 is 2.54 bits per heavy atom. The highest BCUT2D eigenvalue weighted by Gasteiger charge is 2.35. The van der Waals surface area contributed by atoms with Crippen LogP contribution < -0.4 is 5.32 Å². The number of hydrogen-bond acceptors (Lipinski definition) is 2. The molecule has 1 fully saturated rings. The molecule has 2 unspecified atom stereocenters. The number of hydrogen-bond donors (Lipinski definition) is 1. The van der Waals surface area contributed by atoms with E-state index in [-0.39, 0.29) is 0 Å². The number of nitrogens with one attached hydrogen (secondary N) is 1. The molecule has 1 saturated carbocycles. The maximum absolute atomic E-state index is 3.60. The highest BCUT2D eigenvalue weighted by atomic mass is 32.1. The van der Waals surface area contributed by atoms with E-state index in [1.54, 1.807) is 0 Å². The quantitative estimate of drug-likeness (QED) is 0.761. The Hall–Kier alpha value is -0.340. The SMILES string of the molecule is CCCC1CC1NCc1cccs1. The smallest absolute Gasteiger partial charge is 0.0302 e. The molecule has 1 aromatic rings. The third-order valence-corrected chi connectivity index (χ3v) is 3.58. The fraction of sp³-hybridized carbons (Fsp3) is 0.636. The second-order valence-corrected chi connectivity index (χ2v) is 4.88. The average molecular weight is 195 g/mol. The Morgan fingerprint density at radius 3 is 3.23 bits per heavy atom. The molecule has 2 rings (SSSR count). The van der Waals surface area contributed by atoms with Crippen LogP contribution in [0, 0.1) is 5.92 Å². The lowest BCUT2D eigenvalue weighted by Crippen LogP contribution is -2.16. The summed E-state index contributed by atoms with van der Waals surface area (Å²) in [4.78, 5) is 1.46. The molecule has 0 aliphatic heterocycles. The first-order valence-corrected chi connectivity index (χ1v) is 6.04. The molecular weight excluding hydrogens is 178 g/mol. The van der Waals surface area contributed by atoms with E-state index in [0.717, 1.165) is 18.5 Å². The zero-order valence-electron chi connectivity index (χ0n) is 8.12. The second kappa shape index (κ2) is 4.25. The van der Waals surface area contributed by atoms with E-state index in [2.05, 4.69) is 29.8 Å². The van der Waals surface area contributed by atoms with Gasteiger partial charge in [-0.15, -0.1) is 11.3 Å². The molecule has 0 amide bonds. The van der Waals surface area contributed by atoms with Gasteiger partial charge in [0.05, 0.1) is 0 Å². The van der Waals surface area contributed by atoms with E-state index in [4.69, 9.17) is 0 Å². The van der Waals surface area contributed by atoms with Crippen molar-refractivity contribution in [3.63, 3.8) is 0 Å². The summed E-state index contributed by atoms with van der Waals surface area (Å²) < 4.78 is 0. The Kier molecular flexibility index (Phi) is 3.01. The summed E-state index contributed by atoms with van der Waals surface area (Å²) in [5.74, 6) is 0.977. The molecule has 1 aliphatic carbocycles. The lowest BCUT2D eigenvalue weighted by molar-refractivity contribution is 0.602. The van der Waals surface area contributed by atoms with Crippen molar-refractivity contribution in [1.29, 1.82) is 0 Å². The summed E-state index contributed by atoms with van der Waals surface area (Å²) in [5, 5.41) is 5.75. The van der Waals surface area contributed by atoms with Gasteiger partial charge >= 0.3 is 0 Å². The van der Waals surface area contributed by atoms with Gasteiger partial charge in [-0.05, 0) is 30.2 Å². The zero-order valence-corrected chi connectivity index (χ0v) is 8.94. The van der Waals surface area contributed by atoms with Gasteiger partial charge in [0.1, 0.15) is 0 Å². The Bertz CT molecular complexity index is 243. The normalized spacial score (nSPS) is 26.2. The van der Waals surface area contributed by atoms with Crippen LogP contribution in [0.15, 0.2) is 17.5 Å². The molecule has 0 saturated heterocycles. The molecule has 1 aromatic heterocycles. The summed E-state index contributed by atoms with van der Waals surface area (Å²) in [6, 6.07) is 5.15. The molecule has 0 radical (unpaired) electrons. The van der Waals surface area contributed by atoms with Crippen LogP contribution in [0.25, 0.3) is 0 Å². The van der Waals surface area contributed by atoms with Crippen LogP contribution in [0.5, 0.6) is 0 Å². The zero-order chi connectivity index (χ0) is 9.10. The lowest BCUT2D eigenvalue weighted by Gasteiger charge is -2.00. The second-order valence-electron chi connectivity index (χ2n) is 3.85. The molecule has 1 nitrogen and oxygen atoms in total. The third-order valence-electron chi connectivity index (χ3n) is 2.70. The van der Waals surface area contributed by atoms with E-state index in [1.165, 1.54) is 24.1 Å². The lowest BCUT2D eigenvalue weighted by atomic mass is 10.2. The van der Waals surface area contributed by atoms with Gasteiger partial charge in [-0.1, -0.05) is 19.4 Å². The molecule has 0 aromatic carbocycles. The first kappa shape index (κ1) is 9.22. The van der Waals surface area contributed by atoms with E-state index in [1.807, 2.05) is 11.3 Å². The highest BCUT2D eigenvalue weighted by Crippen LogP contribution is 2.34. The van der Waals surface area contributed by atoms with Crippen LogP contribution in [-0.2, 0) is 6.54 Å². The van der Waals surface area contributed by atoms with Gasteiger partial charge in [-0.3, -0.25) is 0 Å². The molecule has 2 atom stereocenters. The van der Waals surface area contributed by atoms with Crippen molar-refractivity contribution in [2.75, 3.05) is 0 Å². The van der Waals surface area contributed by atoms with Crippen molar-refractivity contribution < 1.29 is 0 Å². The van der Waals surface area contributed by atoms with Gasteiger partial charge in [0, 0.05) is 17.5 Å². The first-order chi connectivity index (χ1) is 6.40. The van der Waals surface area contributed by atoms with Gasteiger partial charge in [0.2, 0.25) is 0 Å². The van der Waals surface area contributed by atoms with Crippen molar-refractivity contribution >= 4 is 11.3 Å². The van der Waals surface area contributed by atoms with Crippen LogP contribution in [0.1, 0.15) is 31.1 Å². The number of rotatable bonds is 5. The summed E-state index contributed by atoms with van der Waals surface area (Å²) in [5.41, 5.74) is 0. The van der Waals surface area contributed by atoms with Crippen molar-refractivity contribution in [1.82, 2.24) is 5.32 Å². The fourth-order valence-corrected chi connectivity index (χ4v) is 2.49. The minimum atomic E-state index is 0.821. The largest absolute Gasteiger partial charge is 0.309 e. The average Bonchev–Trinajstić information content (AvgIpc) is 2.66. The minimum Gasteiger partial charge on any atom is -0.309 e. The van der Waals surface area contributed by atoms with Crippen molar-refractivity contribution in [2.45, 2.75) is 38.8 Å². The molecule has 72 valence electrons. The molecule has 0 spiro atoms. The molecule has 0 bridgehead atoms. The predicted octanol–water partition coefficient (Wildman–Crippen LogP) is 3.03. The molecule has 1 heterocycles. The Balaban J connectivity index is 1.65. The topological polar surface area (TPSA) is 12.0 Å².